The van der Waals surface area contributed by atoms with Crippen molar-refractivity contribution < 1.29 is 10.7 Å². The van der Waals surface area contributed by atoms with E-state index in [1.54, 1.807) is 7.11 Å². The van der Waals surface area contributed by atoms with Gasteiger partial charge in [0.2, 0.25) is 0 Å². The van der Waals surface area contributed by atoms with Gasteiger partial charge in [-0.15, -0.1) is 0 Å². The van der Waals surface area contributed by atoms with E-state index in [0.717, 1.165) is 23.3 Å². The van der Waals surface area contributed by atoms with E-state index >= 15 is 0 Å². The monoisotopic (exact) mass is 436 g/mol. The molecular formula is C16H26IN2O2P. The van der Waals surface area contributed by atoms with Crippen LogP contribution in [0.15, 0.2) is 18.2 Å². The van der Waals surface area contributed by atoms with Crippen molar-refractivity contribution in [2.75, 3.05) is 38.2 Å². The van der Waals surface area contributed by atoms with Crippen LogP contribution >= 0.6 is 28.5 Å². The van der Waals surface area contributed by atoms with Gasteiger partial charge in [-0.2, -0.15) is 0 Å². The Hall–Kier alpha value is -0.260. The van der Waals surface area contributed by atoms with E-state index in [4.69, 9.17) is 9.26 Å². The summed E-state index contributed by atoms with van der Waals surface area (Å²) in [6.45, 7) is 5.18. The number of benzene rings is 1. The molecule has 1 aromatic rings. The van der Waals surface area contributed by atoms with Gasteiger partial charge in [0, 0.05) is 26.3 Å². The Kier molecular flexibility index (Phi) is 6.05. The summed E-state index contributed by atoms with van der Waals surface area (Å²) in [4.78, 5) is 2.45. The van der Waals surface area contributed by atoms with Crippen LogP contribution < -0.4 is 19.5 Å². The van der Waals surface area contributed by atoms with Crippen LogP contribution in [0.25, 0.3) is 0 Å². The Morgan fingerprint density at radius 3 is 2.73 bits per heavy atom. The van der Waals surface area contributed by atoms with Crippen molar-refractivity contribution in [2.45, 2.75) is 19.3 Å². The van der Waals surface area contributed by atoms with Crippen LogP contribution in [0.5, 0.6) is 11.5 Å². The van der Waals surface area contributed by atoms with E-state index in [2.05, 4.69) is 44.4 Å². The van der Waals surface area contributed by atoms with Gasteiger partial charge < -0.3 is 19.5 Å². The number of piperidine rings is 1. The first-order valence-corrected chi connectivity index (χ1v) is 12.0. The Labute approximate surface area is 149 Å². The van der Waals surface area contributed by atoms with Gasteiger partial charge in [0.15, 0.2) is 11.5 Å². The summed E-state index contributed by atoms with van der Waals surface area (Å²) in [5.41, 5.74) is 1.25. The lowest BCUT2D eigenvalue weighted by atomic mass is 9.84. The van der Waals surface area contributed by atoms with Crippen LogP contribution in [0, 0.1) is 11.8 Å². The molecule has 0 spiro atoms. The van der Waals surface area contributed by atoms with Gasteiger partial charge in [0.25, 0.3) is 0 Å². The zero-order chi connectivity index (χ0) is 15.4. The number of halogens is 1. The van der Waals surface area contributed by atoms with Crippen molar-refractivity contribution in [2.24, 2.45) is 11.8 Å². The SMILES string of the molecule is COc1cc(N2CC(CC3CCNCC3)C2)ccc1OPI.[HH]. The van der Waals surface area contributed by atoms with Crippen LogP contribution in [-0.4, -0.2) is 33.3 Å². The molecule has 4 nitrogen and oxygen atoms in total. The summed E-state index contributed by atoms with van der Waals surface area (Å²) in [5.74, 6) is 3.47. The number of rotatable bonds is 6. The lowest BCUT2D eigenvalue weighted by molar-refractivity contribution is 0.267. The highest BCUT2D eigenvalue weighted by Gasteiger charge is 2.30. The Balaban J connectivity index is 0.00000192. The second-order valence-corrected chi connectivity index (χ2v) is 7.89. The van der Waals surface area contributed by atoms with Gasteiger partial charge in [-0.1, -0.05) is 0 Å². The van der Waals surface area contributed by atoms with E-state index in [1.165, 1.54) is 51.1 Å². The van der Waals surface area contributed by atoms with Crippen molar-refractivity contribution in [3.05, 3.63) is 18.2 Å². The molecule has 3 rings (SSSR count). The molecule has 1 atom stereocenters. The van der Waals surface area contributed by atoms with Gasteiger partial charge in [-0.05, 0) is 78.4 Å². The van der Waals surface area contributed by atoms with Gasteiger partial charge in [-0.3, -0.25) is 0 Å². The summed E-state index contributed by atoms with van der Waals surface area (Å²) in [7, 11) is 1.71. The van der Waals surface area contributed by atoms with Crippen LogP contribution in [0.3, 0.4) is 0 Å². The van der Waals surface area contributed by atoms with Crippen molar-refractivity contribution in [3.63, 3.8) is 0 Å². The molecular weight excluding hydrogens is 410 g/mol. The maximum atomic E-state index is 5.60. The molecule has 0 saturated carbocycles. The molecule has 2 fully saturated rings. The highest BCUT2D eigenvalue weighted by Crippen LogP contribution is 2.39. The number of nitrogens with zero attached hydrogens (tertiary/aromatic N) is 1. The molecule has 2 saturated heterocycles. The summed E-state index contributed by atoms with van der Waals surface area (Å²) in [5, 5.41) is 3.45. The Bertz CT molecular complexity index is 497. The molecule has 2 aliphatic rings. The van der Waals surface area contributed by atoms with Gasteiger partial charge in [0.05, 0.1) is 7.11 Å². The Morgan fingerprint density at radius 2 is 2.05 bits per heavy atom. The third-order valence-electron chi connectivity index (χ3n) is 4.74. The molecule has 0 amide bonds. The van der Waals surface area contributed by atoms with Crippen LogP contribution in [0.1, 0.15) is 20.7 Å². The molecule has 6 heteroatoms. The molecule has 2 heterocycles. The second-order valence-electron chi connectivity index (χ2n) is 6.21. The number of anilines is 1. The summed E-state index contributed by atoms with van der Waals surface area (Å²) in [6.07, 6.45) is 4.10. The molecule has 0 aromatic heterocycles. The van der Waals surface area contributed by atoms with Crippen molar-refractivity contribution in [1.29, 1.82) is 0 Å². The molecule has 0 bridgehead atoms. The predicted molar refractivity (Wildman–Crippen MR) is 104 cm³/mol. The molecule has 0 aliphatic carbocycles. The number of hydrogen-bond acceptors (Lipinski definition) is 4. The van der Waals surface area contributed by atoms with Crippen LogP contribution in [-0.2, 0) is 0 Å². The molecule has 22 heavy (non-hydrogen) atoms. The molecule has 2 aliphatic heterocycles. The lowest BCUT2D eigenvalue weighted by Gasteiger charge is -2.43. The maximum Gasteiger partial charge on any atom is 0.166 e. The van der Waals surface area contributed by atoms with Crippen molar-refractivity contribution in [3.8, 4) is 11.5 Å². The predicted octanol–water partition coefficient (Wildman–Crippen LogP) is 4.09. The quantitative estimate of drug-likeness (QED) is 0.538. The minimum absolute atomic E-state index is 0. The minimum Gasteiger partial charge on any atom is -0.493 e. The fourth-order valence-electron chi connectivity index (χ4n) is 3.50. The first kappa shape index (κ1) is 16.6. The second kappa shape index (κ2) is 8.02. The first-order chi connectivity index (χ1) is 10.8. The maximum absolute atomic E-state index is 5.60. The molecule has 0 radical (unpaired) electrons. The molecule has 124 valence electrons. The topological polar surface area (TPSA) is 33.7 Å². The average molecular weight is 436 g/mol. The zero-order valence-electron chi connectivity index (χ0n) is 13.0. The van der Waals surface area contributed by atoms with Crippen LogP contribution in [0.4, 0.5) is 5.69 Å². The van der Waals surface area contributed by atoms with Crippen molar-refractivity contribution >= 4 is 34.2 Å². The molecule has 1 unspecified atom stereocenters. The third-order valence-corrected chi connectivity index (χ3v) is 5.70. The highest BCUT2D eigenvalue weighted by molar-refractivity contribution is 14.2. The standard InChI is InChI=1S/C16H24IN2O2P.H2/c1-20-16-9-14(2-3-15(16)21-22-17)19-10-13(11-19)8-12-4-6-18-7-5-12;/h2-3,9,12-13,18,22H,4-8,10-11H2,1H3;1H. The fraction of sp³-hybridized carbons (Fsp3) is 0.625. The smallest absolute Gasteiger partial charge is 0.166 e. The average Bonchev–Trinajstić information content (AvgIpc) is 2.52. The first-order valence-electron chi connectivity index (χ1n) is 7.96. The minimum atomic E-state index is 0. The van der Waals surface area contributed by atoms with E-state index in [0.29, 0.717) is 6.45 Å². The largest absolute Gasteiger partial charge is 0.493 e. The van der Waals surface area contributed by atoms with Crippen LogP contribution in [0.2, 0.25) is 0 Å². The number of nitrogens with one attached hydrogen (secondary N) is 1. The van der Waals surface area contributed by atoms with Crippen molar-refractivity contribution in [1.82, 2.24) is 5.32 Å². The van der Waals surface area contributed by atoms with Gasteiger partial charge in [-0.25, -0.2) is 0 Å². The van der Waals surface area contributed by atoms with Gasteiger partial charge in [0.1, 0.15) is 6.45 Å². The van der Waals surface area contributed by atoms with E-state index < -0.39 is 0 Å². The Morgan fingerprint density at radius 1 is 1.27 bits per heavy atom. The fourth-order valence-corrected chi connectivity index (χ4v) is 4.46. The summed E-state index contributed by atoms with van der Waals surface area (Å²) >= 11 is 2.23. The van der Waals surface area contributed by atoms with E-state index in [9.17, 15) is 0 Å². The lowest BCUT2D eigenvalue weighted by Crippen LogP contribution is -2.48. The van der Waals surface area contributed by atoms with E-state index in [-0.39, 0.29) is 1.43 Å². The van der Waals surface area contributed by atoms with Gasteiger partial charge >= 0.3 is 0 Å². The normalized spacial score (nSPS) is 20.4. The number of methoxy groups -OCH3 is 1. The molecule has 1 N–H and O–H groups in total. The number of hydrogen-bond donors (Lipinski definition) is 1. The summed E-state index contributed by atoms with van der Waals surface area (Å²) < 4.78 is 11.0. The third kappa shape index (κ3) is 3.98. The van der Waals surface area contributed by atoms with E-state index in [1.807, 2.05) is 6.07 Å². The highest BCUT2D eigenvalue weighted by atomic mass is 127. The number of ether oxygens (including phenoxy) is 1. The molecule has 1 aromatic carbocycles. The summed E-state index contributed by atoms with van der Waals surface area (Å²) in [6, 6.07) is 6.28. The zero-order valence-corrected chi connectivity index (χ0v) is 16.1.